The standard InChI is InChI=1S/C13H20N2O2/c1-10-6-4-5-7-11(10)13(2,12(14)16)15-8-9-17-3/h4-7,15H,8-9H2,1-3H3,(H2,14,16). The van der Waals surface area contributed by atoms with Crippen molar-refractivity contribution >= 4 is 5.91 Å². The molecule has 17 heavy (non-hydrogen) atoms. The zero-order valence-corrected chi connectivity index (χ0v) is 10.6. The average molecular weight is 236 g/mol. The van der Waals surface area contributed by atoms with Crippen LogP contribution in [0.3, 0.4) is 0 Å². The largest absolute Gasteiger partial charge is 0.383 e. The predicted octanol–water partition coefficient (Wildman–Crippen LogP) is 0.932. The molecule has 1 aromatic carbocycles. The fraction of sp³-hybridized carbons (Fsp3) is 0.462. The van der Waals surface area contributed by atoms with E-state index in [2.05, 4.69) is 5.32 Å². The summed E-state index contributed by atoms with van der Waals surface area (Å²) in [6.45, 7) is 4.88. The van der Waals surface area contributed by atoms with Gasteiger partial charge in [0.1, 0.15) is 5.54 Å². The van der Waals surface area contributed by atoms with Gasteiger partial charge in [0.25, 0.3) is 0 Å². The lowest BCUT2D eigenvalue weighted by Gasteiger charge is -2.29. The van der Waals surface area contributed by atoms with Gasteiger partial charge in [-0.15, -0.1) is 0 Å². The topological polar surface area (TPSA) is 64.3 Å². The molecule has 1 aromatic rings. The lowest BCUT2D eigenvalue weighted by molar-refractivity contribution is -0.124. The Kier molecular flexibility index (Phi) is 4.66. The van der Waals surface area contributed by atoms with Crippen LogP contribution in [-0.2, 0) is 15.1 Å². The third-order valence-electron chi connectivity index (χ3n) is 2.96. The van der Waals surface area contributed by atoms with Crippen LogP contribution < -0.4 is 11.1 Å². The maximum Gasteiger partial charge on any atom is 0.242 e. The molecule has 94 valence electrons. The van der Waals surface area contributed by atoms with Gasteiger partial charge in [0.05, 0.1) is 6.61 Å². The minimum absolute atomic E-state index is 0.386. The Labute approximate surface area is 102 Å². The van der Waals surface area contributed by atoms with Crippen LogP contribution >= 0.6 is 0 Å². The van der Waals surface area contributed by atoms with E-state index >= 15 is 0 Å². The van der Waals surface area contributed by atoms with Crippen molar-refractivity contribution in [3.63, 3.8) is 0 Å². The average Bonchev–Trinajstić information content (AvgIpc) is 2.29. The van der Waals surface area contributed by atoms with Crippen molar-refractivity contribution in [3.8, 4) is 0 Å². The lowest BCUT2D eigenvalue weighted by Crippen LogP contribution is -2.51. The zero-order chi connectivity index (χ0) is 12.9. The Morgan fingerprint density at radius 3 is 2.65 bits per heavy atom. The number of methoxy groups -OCH3 is 1. The predicted molar refractivity (Wildman–Crippen MR) is 67.6 cm³/mol. The van der Waals surface area contributed by atoms with Gasteiger partial charge in [-0.05, 0) is 25.0 Å². The molecule has 1 amide bonds. The van der Waals surface area contributed by atoms with Gasteiger partial charge in [-0.2, -0.15) is 0 Å². The van der Waals surface area contributed by atoms with Crippen molar-refractivity contribution in [1.82, 2.24) is 5.32 Å². The summed E-state index contributed by atoms with van der Waals surface area (Å²) >= 11 is 0. The number of amides is 1. The molecular weight excluding hydrogens is 216 g/mol. The Balaban J connectivity index is 2.99. The van der Waals surface area contributed by atoms with E-state index in [0.717, 1.165) is 11.1 Å². The summed E-state index contributed by atoms with van der Waals surface area (Å²) in [5.41, 5.74) is 6.60. The van der Waals surface area contributed by atoms with E-state index in [9.17, 15) is 4.79 Å². The SMILES string of the molecule is COCCNC(C)(C(N)=O)c1ccccc1C. The van der Waals surface area contributed by atoms with Gasteiger partial charge >= 0.3 is 0 Å². The smallest absolute Gasteiger partial charge is 0.242 e. The summed E-state index contributed by atoms with van der Waals surface area (Å²) in [5.74, 6) is -0.386. The molecule has 3 N–H and O–H groups in total. The maximum atomic E-state index is 11.7. The van der Waals surface area contributed by atoms with E-state index in [0.29, 0.717) is 13.2 Å². The highest BCUT2D eigenvalue weighted by Gasteiger charge is 2.33. The van der Waals surface area contributed by atoms with Gasteiger partial charge < -0.3 is 10.5 Å². The van der Waals surface area contributed by atoms with Gasteiger partial charge in [0.15, 0.2) is 0 Å². The molecule has 0 heterocycles. The third kappa shape index (κ3) is 3.05. The molecule has 0 aromatic heterocycles. The summed E-state index contributed by atoms with van der Waals surface area (Å²) in [7, 11) is 1.62. The number of hydrogen-bond acceptors (Lipinski definition) is 3. The van der Waals surface area contributed by atoms with E-state index < -0.39 is 5.54 Å². The lowest BCUT2D eigenvalue weighted by atomic mass is 9.88. The van der Waals surface area contributed by atoms with Gasteiger partial charge in [-0.3, -0.25) is 10.1 Å². The van der Waals surface area contributed by atoms with Crippen molar-refractivity contribution in [2.75, 3.05) is 20.3 Å². The normalized spacial score (nSPS) is 14.3. The van der Waals surface area contributed by atoms with Crippen molar-refractivity contribution in [2.24, 2.45) is 5.73 Å². The van der Waals surface area contributed by atoms with Crippen molar-refractivity contribution < 1.29 is 9.53 Å². The molecule has 1 rings (SSSR count). The van der Waals surface area contributed by atoms with Crippen LogP contribution in [0.5, 0.6) is 0 Å². The fourth-order valence-electron chi connectivity index (χ4n) is 1.85. The van der Waals surface area contributed by atoms with Gasteiger partial charge in [0, 0.05) is 13.7 Å². The first-order valence-corrected chi connectivity index (χ1v) is 5.62. The number of hydrogen-bond donors (Lipinski definition) is 2. The molecule has 1 unspecified atom stereocenters. The van der Waals surface area contributed by atoms with E-state index in [4.69, 9.17) is 10.5 Å². The Hall–Kier alpha value is -1.39. The number of carbonyl (C=O) groups excluding carboxylic acids is 1. The molecule has 0 radical (unpaired) electrons. The first-order valence-electron chi connectivity index (χ1n) is 5.62. The number of nitrogens with one attached hydrogen (secondary N) is 1. The molecule has 0 bridgehead atoms. The maximum absolute atomic E-state index is 11.7. The van der Waals surface area contributed by atoms with Crippen LogP contribution in [-0.4, -0.2) is 26.2 Å². The first kappa shape index (κ1) is 13.7. The second kappa shape index (κ2) is 5.80. The molecular formula is C13H20N2O2. The Morgan fingerprint density at radius 2 is 2.12 bits per heavy atom. The number of rotatable bonds is 6. The van der Waals surface area contributed by atoms with E-state index in [1.165, 1.54) is 0 Å². The minimum atomic E-state index is -0.857. The number of ether oxygens (including phenoxy) is 1. The summed E-state index contributed by atoms with van der Waals surface area (Å²) in [5, 5.41) is 3.15. The molecule has 4 nitrogen and oxygen atoms in total. The molecule has 0 spiro atoms. The number of nitrogens with two attached hydrogens (primary N) is 1. The molecule has 0 saturated heterocycles. The van der Waals surface area contributed by atoms with Crippen molar-refractivity contribution in [2.45, 2.75) is 19.4 Å². The quantitative estimate of drug-likeness (QED) is 0.722. The summed E-state index contributed by atoms with van der Waals surface area (Å²) in [6.07, 6.45) is 0. The van der Waals surface area contributed by atoms with Crippen LogP contribution in [0.25, 0.3) is 0 Å². The second-order valence-electron chi connectivity index (χ2n) is 4.22. The fourth-order valence-corrected chi connectivity index (χ4v) is 1.85. The van der Waals surface area contributed by atoms with Crippen LogP contribution in [0, 0.1) is 6.92 Å². The summed E-state index contributed by atoms with van der Waals surface area (Å²) in [4.78, 5) is 11.7. The number of primary amides is 1. The highest BCUT2D eigenvalue weighted by atomic mass is 16.5. The highest BCUT2D eigenvalue weighted by Crippen LogP contribution is 2.23. The number of aryl methyl sites for hydroxylation is 1. The first-order chi connectivity index (χ1) is 8.02. The molecule has 0 aliphatic heterocycles. The van der Waals surface area contributed by atoms with Crippen LogP contribution in [0.2, 0.25) is 0 Å². The molecule has 1 atom stereocenters. The molecule has 0 saturated carbocycles. The van der Waals surface area contributed by atoms with E-state index in [-0.39, 0.29) is 5.91 Å². The number of carbonyl (C=O) groups is 1. The molecule has 0 fully saturated rings. The summed E-state index contributed by atoms with van der Waals surface area (Å²) < 4.78 is 4.97. The van der Waals surface area contributed by atoms with Crippen LogP contribution in [0.15, 0.2) is 24.3 Å². The van der Waals surface area contributed by atoms with Crippen molar-refractivity contribution in [3.05, 3.63) is 35.4 Å². The zero-order valence-electron chi connectivity index (χ0n) is 10.6. The minimum Gasteiger partial charge on any atom is -0.383 e. The summed E-state index contributed by atoms with van der Waals surface area (Å²) in [6, 6.07) is 7.73. The van der Waals surface area contributed by atoms with E-state index in [1.807, 2.05) is 31.2 Å². The Morgan fingerprint density at radius 1 is 1.47 bits per heavy atom. The number of benzene rings is 1. The highest BCUT2D eigenvalue weighted by molar-refractivity contribution is 5.86. The van der Waals surface area contributed by atoms with Gasteiger partial charge in [-0.1, -0.05) is 24.3 Å². The van der Waals surface area contributed by atoms with Gasteiger partial charge in [0.2, 0.25) is 5.91 Å². The van der Waals surface area contributed by atoms with E-state index in [1.54, 1.807) is 14.0 Å². The second-order valence-corrected chi connectivity index (χ2v) is 4.22. The van der Waals surface area contributed by atoms with Gasteiger partial charge in [-0.25, -0.2) is 0 Å². The monoisotopic (exact) mass is 236 g/mol. The molecule has 0 aliphatic carbocycles. The Bertz CT molecular complexity index is 393. The molecule has 0 aliphatic rings. The van der Waals surface area contributed by atoms with Crippen LogP contribution in [0.1, 0.15) is 18.1 Å². The third-order valence-corrected chi connectivity index (χ3v) is 2.96. The molecule has 4 heteroatoms. The van der Waals surface area contributed by atoms with Crippen molar-refractivity contribution in [1.29, 1.82) is 0 Å². The van der Waals surface area contributed by atoms with Crippen LogP contribution in [0.4, 0.5) is 0 Å².